The van der Waals surface area contributed by atoms with E-state index in [9.17, 15) is 0 Å². The number of hydrogen-bond acceptors (Lipinski definition) is 1. The minimum absolute atomic E-state index is 0.543. The lowest BCUT2D eigenvalue weighted by molar-refractivity contribution is 0.521. The van der Waals surface area contributed by atoms with E-state index in [2.05, 4.69) is 40.2 Å². The van der Waals surface area contributed by atoms with Gasteiger partial charge in [0.15, 0.2) is 0 Å². The van der Waals surface area contributed by atoms with Crippen molar-refractivity contribution in [2.24, 2.45) is 5.73 Å². The number of rotatable bonds is 11. The van der Waals surface area contributed by atoms with Gasteiger partial charge in [-0.25, -0.2) is 0 Å². The van der Waals surface area contributed by atoms with Gasteiger partial charge in [0.2, 0.25) is 0 Å². The molecule has 1 aliphatic rings. The molecule has 0 aliphatic heterocycles. The number of nitrogens with two attached hydrogens (primary N) is 1. The van der Waals surface area contributed by atoms with Gasteiger partial charge in [0, 0.05) is 4.47 Å². The molecule has 0 amide bonds. The van der Waals surface area contributed by atoms with Crippen LogP contribution >= 0.6 is 15.9 Å². The number of halogens is 1. The second kappa shape index (κ2) is 8.95. The molecule has 1 aromatic rings. The van der Waals surface area contributed by atoms with Crippen molar-refractivity contribution in [3.05, 3.63) is 34.3 Å². The van der Waals surface area contributed by atoms with E-state index >= 15 is 0 Å². The van der Waals surface area contributed by atoms with Crippen LogP contribution in [0.25, 0.3) is 0 Å². The Morgan fingerprint density at radius 3 is 1.86 bits per heavy atom. The van der Waals surface area contributed by atoms with Gasteiger partial charge in [-0.15, -0.1) is 0 Å². The van der Waals surface area contributed by atoms with Crippen molar-refractivity contribution in [3.8, 4) is 0 Å². The Morgan fingerprint density at radius 1 is 0.810 bits per heavy atom. The Kier molecular flexibility index (Phi) is 7.25. The van der Waals surface area contributed by atoms with Crippen LogP contribution in [-0.2, 0) is 5.41 Å². The summed E-state index contributed by atoms with van der Waals surface area (Å²) < 4.78 is 1.19. The van der Waals surface area contributed by atoms with Crippen molar-refractivity contribution < 1.29 is 0 Å². The van der Waals surface area contributed by atoms with Crippen LogP contribution in [0, 0.1) is 0 Å². The highest BCUT2D eigenvalue weighted by Crippen LogP contribution is 2.52. The lowest BCUT2D eigenvalue weighted by atomic mass is 9.90. The van der Waals surface area contributed by atoms with Crippen molar-refractivity contribution in [2.75, 3.05) is 6.54 Å². The molecule has 0 spiro atoms. The molecule has 0 unspecified atom stereocenters. The van der Waals surface area contributed by atoms with E-state index in [1.54, 1.807) is 5.56 Å². The van der Waals surface area contributed by atoms with Gasteiger partial charge in [-0.2, -0.15) is 0 Å². The monoisotopic (exact) mass is 351 g/mol. The fraction of sp³-hybridized carbons (Fsp3) is 0.684. The highest BCUT2D eigenvalue weighted by Gasteiger charge is 2.43. The lowest BCUT2D eigenvalue weighted by Gasteiger charge is -2.15. The number of hydrogen-bond donors (Lipinski definition) is 1. The quantitative estimate of drug-likeness (QED) is 0.489. The van der Waals surface area contributed by atoms with Gasteiger partial charge >= 0.3 is 0 Å². The molecular formula is C19H30BrN. The summed E-state index contributed by atoms with van der Waals surface area (Å²) in [7, 11) is 0. The molecule has 0 radical (unpaired) electrons. The summed E-state index contributed by atoms with van der Waals surface area (Å²) in [6, 6.07) is 9.01. The molecule has 1 saturated carbocycles. The van der Waals surface area contributed by atoms with Crippen LogP contribution in [0.15, 0.2) is 28.7 Å². The molecule has 1 fully saturated rings. The lowest BCUT2D eigenvalue weighted by Crippen LogP contribution is -2.06. The third kappa shape index (κ3) is 5.75. The average molecular weight is 352 g/mol. The minimum Gasteiger partial charge on any atom is -0.330 e. The fourth-order valence-electron chi connectivity index (χ4n) is 3.31. The van der Waals surface area contributed by atoms with Gasteiger partial charge in [-0.1, -0.05) is 73.0 Å². The zero-order chi connectivity index (χ0) is 15.0. The number of unbranched alkanes of at least 4 members (excludes halogenated alkanes) is 7. The molecule has 118 valence electrons. The van der Waals surface area contributed by atoms with Crippen molar-refractivity contribution in [2.45, 2.75) is 76.0 Å². The second-order valence-corrected chi connectivity index (χ2v) is 7.57. The van der Waals surface area contributed by atoms with Crippen molar-refractivity contribution in [1.82, 2.24) is 0 Å². The van der Waals surface area contributed by atoms with Gasteiger partial charge in [0.1, 0.15) is 0 Å². The Bertz CT molecular complexity index is 395. The standard InChI is InChI=1S/C19H30BrN/c20-18-11-9-17(10-12-18)19(14-15-19)13-7-5-3-1-2-4-6-8-16-21/h9-12H,1-8,13-16,21H2. The molecule has 0 saturated heterocycles. The molecule has 0 atom stereocenters. The molecule has 1 nitrogen and oxygen atoms in total. The molecule has 2 heteroatoms. The molecule has 2 N–H and O–H groups in total. The molecule has 0 aromatic heterocycles. The van der Waals surface area contributed by atoms with Crippen LogP contribution in [-0.4, -0.2) is 6.54 Å². The second-order valence-electron chi connectivity index (χ2n) is 6.65. The van der Waals surface area contributed by atoms with Crippen molar-refractivity contribution in [1.29, 1.82) is 0 Å². The number of benzene rings is 1. The van der Waals surface area contributed by atoms with Crippen LogP contribution < -0.4 is 5.73 Å². The van der Waals surface area contributed by atoms with Gasteiger partial charge < -0.3 is 5.73 Å². The van der Waals surface area contributed by atoms with Crippen LogP contribution in [0.1, 0.15) is 76.2 Å². The van der Waals surface area contributed by atoms with E-state index in [4.69, 9.17) is 5.73 Å². The van der Waals surface area contributed by atoms with Crippen molar-refractivity contribution >= 4 is 15.9 Å². The summed E-state index contributed by atoms with van der Waals surface area (Å²) in [6.45, 7) is 0.859. The molecule has 1 aliphatic carbocycles. The van der Waals surface area contributed by atoms with Crippen LogP contribution in [0.4, 0.5) is 0 Å². The first-order valence-corrected chi connectivity index (χ1v) is 9.52. The third-order valence-electron chi connectivity index (χ3n) is 4.92. The summed E-state index contributed by atoms with van der Waals surface area (Å²) >= 11 is 3.53. The first-order chi connectivity index (χ1) is 10.3. The zero-order valence-electron chi connectivity index (χ0n) is 13.2. The Morgan fingerprint density at radius 2 is 1.33 bits per heavy atom. The van der Waals surface area contributed by atoms with Crippen LogP contribution in [0.3, 0.4) is 0 Å². The Hall–Kier alpha value is -0.340. The van der Waals surface area contributed by atoms with E-state index in [0.717, 1.165) is 6.54 Å². The summed E-state index contributed by atoms with van der Waals surface area (Å²) in [4.78, 5) is 0. The van der Waals surface area contributed by atoms with Crippen LogP contribution in [0.5, 0.6) is 0 Å². The molecule has 0 bridgehead atoms. The Balaban J connectivity index is 1.55. The van der Waals surface area contributed by atoms with E-state index < -0.39 is 0 Å². The van der Waals surface area contributed by atoms with E-state index in [-0.39, 0.29) is 0 Å². The summed E-state index contributed by atoms with van der Waals surface area (Å²) in [5.74, 6) is 0. The van der Waals surface area contributed by atoms with E-state index in [1.807, 2.05) is 0 Å². The van der Waals surface area contributed by atoms with E-state index in [0.29, 0.717) is 5.41 Å². The molecule has 2 rings (SSSR count). The maximum Gasteiger partial charge on any atom is 0.0175 e. The molecular weight excluding hydrogens is 322 g/mol. The Labute approximate surface area is 138 Å². The summed E-state index contributed by atoms with van der Waals surface area (Å²) in [6.07, 6.45) is 15.1. The smallest absolute Gasteiger partial charge is 0.0175 e. The predicted molar refractivity (Wildman–Crippen MR) is 95.7 cm³/mol. The van der Waals surface area contributed by atoms with Crippen molar-refractivity contribution in [3.63, 3.8) is 0 Å². The maximum atomic E-state index is 5.51. The van der Waals surface area contributed by atoms with E-state index in [1.165, 1.54) is 75.1 Å². The average Bonchev–Trinajstić information content (AvgIpc) is 3.27. The van der Waals surface area contributed by atoms with Gasteiger partial charge in [0.05, 0.1) is 0 Å². The zero-order valence-corrected chi connectivity index (χ0v) is 14.8. The first-order valence-electron chi connectivity index (χ1n) is 8.73. The highest BCUT2D eigenvalue weighted by atomic mass is 79.9. The highest BCUT2D eigenvalue weighted by molar-refractivity contribution is 9.10. The fourth-order valence-corrected chi connectivity index (χ4v) is 3.57. The largest absolute Gasteiger partial charge is 0.330 e. The molecule has 21 heavy (non-hydrogen) atoms. The van der Waals surface area contributed by atoms with Gasteiger partial charge in [0.25, 0.3) is 0 Å². The third-order valence-corrected chi connectivity index (χ3v) is 5.45. The summed E-state index contributed by atoms with van der Waals surface area (Å²) in [5, 5.41) is 0. The van der Waals surface area contributed by atoms with Gasteiger partial charge in [-0.3, -0.25) is 0 Å². The molecule has 1 aromatic carbocycles. The summed E-state index contributed by atoms with van der Waals surface area (Å²) in [5.41, 5.74) is 7.62. The topological polar surface area (TPSA) is 26.0 Å². The minimum atomic E-state index is 0.543. The van der Waals surface area contributed by atoms with Gasteiger partial charge in [-0.05, 0) is 55.3 Å². The maximum absolute atomic E-state index is 5.51. The van der Waals surface area contributed by atoms with Crippen LogP contribution in [0.2, 0.25) is 0 Å². The first kappa shape index (κ1) is 17.0. The SMILES string of the molecule is NCCCCCCCCCCC1(c2ccc(Br)cc2)CC1. The molecule has 0 heterocycles. The predicted octanol–water partition coefficient (Wildman–Crippen LogP) is 5.95. The normalized spacial score (nSPS) is 16.1.